The van der Waals surface area contributed by atoms with Gasteiger partial charge < -0.3 is 5.32 Å². The highest BCUT2D eigenvalue weighted by molar-refractivity contribution is 9.10. The third-order valence-electron chi connectivity index (χ3n) is 3.89. The first-order chi connectivity index (χ1) is 11.6. The van der Waals surface area contributed by atoms with Crippen LogP contribution in [0.25, 0.3) is 11.3 Å². The Kier molecular flexibility index (Phi) is 5.11. The lowest BCUT2D eigenvalue weighted by molar-refractivity contribution is 0.0953. The maximum atomic E-state index is 12.2. The van der Waals surface area contributed by atoms with Gasteiger partial charge in [-0.15, -0.1) is 0 Å². The molecule has 5 heteroatoms. The molecule has 0 spiro atoms. The molecular formula is C19H18BrN3O. The second-order valence-electron chi connectivity index (χ2n) is 5.52. The molecule has 0 unspecified atom stereocenters. The van der Waals surface area contributed by atoms with Gasteiger partial charge in [-0.1, -0.05) is 36.4 Å². The van der Waals surface area contributed by atoms with E-state index in [4.69, 9.17) is 0 Å². The molecule has 0 aliphatic rings. The van der Waals surface area contributed by atoms with Crippen LogP contribution in [0.2, 0.25) is 0 Å². The Morgan fingerprint density at radius 1 is 1.12 bits per heavy atom. The predicted octanol–water partition coefficient (Wildman–Crippen LogP) is 3.82. The second-order valence-corrected chi connectivity index (χ2v) is 6.38. The molecule has 4 nitrogen and oxygen atoms in total. The van der Waals surface area contributed by atoms with Crippen molar-refractivity contribution in [3.8, 4) is 11.3 Å². The van der Waals surface area contributed by atoms with Crippen LogP contribution >= 0.6 is 15.9 Å². The van der Waals surface area contributed by atoms with E-state index < -0.39 is 0 Å². The van der Waals surface area contributed by atoms with Crippen LogP contribution in [0.5, 0.6) is 0 Å². The monoisotopic (exact) mass is 383 g/mol. The van der Waals surface area contributed by atoms with Crippen molar-refractivity contribution in [3.05, 3.63) is 76.4 Å². The van der Waals surface area contributed by atoms with Gasteiger partial charge in [0.25, 0.3) is 5.91 Å². The number of carbonyl (C=O) groups excluding carboxylic acids is 1. The lowest BCUT2D eigenvalue weighted by atomic mass is 10.1. The summed E-state index contributed by atoms with van der Waals surface area (Å²) in [4.78, 5) is 12.2. The van der Waals surface area contributed by atoms with E-state index in [0.29, 0.717) is 12.1 Å². The maximum absolute atomic E-state index is 12.2. The van der Waals surface area contributed by atoms with E-state index in [0.717, 1.165) is 22.2 Å². The number of aromatic nitrogens is 2. The Labute approximate surface area is 149 Å². The van der Waals surface area contributed by atoms with Crippen LogP contribution in [-0.2, 0) is 13.5 Å². The fourth-order valence-corrected chi connectivity index (χ4v) is 3.03. The largest absolute Gasteiger partial charge is 0.352 e. The fourth-order valence-electron chi connectivity index (χ4n) is 2.56. The molecule has 0 radical (unpaired) electrons. The average molecular weight is 384 g/mol. The molecule has 0 saturated heterocycles. The summed E-state index contributed by atoms with van der Waals surface area (Å²) in [5.74, 6) is -0.0611. The van der Waals surface area contributed by atoms with Crippen molar-refractivity contribution in [2.45, 2.75) is 6.42 Å². The van der Waals surface area contributed by atoms with Crippen LogP contribution in [0, 0.1) is 0 Å². The van der Waals surface area contributed by atoms with Gasteiger partial charge in [-0.3, -0.25) is 9.48 Å². The zero-order valence-electron chi connectivity index (χ0n) is 13.4. The molecular weight excluding hydrogens is 366 g/mol. The maximum Gasteiger partial charge on any atom is 0.252 e. The first kappa shape index (κ1) is 16.5. The van der Waals surface area contributed by atoms with Gasteiger partial charge in [0, 0.05) is 24.3 Å². The Morgan fingerprint density at radius 3 is 2.54 bits per heavy atom. The number of hydrogen-bond acceptors (Lipinski definition) is 2. The Balaban J connectivity index is 1.57. The molecule has 2 aromatic carbocycles. The van der Waals surface area contributed by atoms with Gasteiger partial charge in [0.2, 0.25) is 0 Å². The standard InChI is InChI=1S/C19H18BrN3O/c1-23-18(11-13-22-23)15-8-6-14(7-9-15)10-12-21-19(24)16-4-2-3-5-17(16)20/h2-9,11,13H,10,12H2,1H3,(H,21,24). The lowest BCUT2D eigenvalue weighted by Crippen LogP contribution is -2.25. The van der Waals surface area contributed by atoms with Gasteiger partial charge in [0.1, 0.15) is 0 Å². The zero-order valence-corrected chi connectivity index (χ0v) is 15.0. The number of nitrogens with one attached hydrogen (secondary N) is 1. The molecule has 3 rings (SSSR count). The number of benzene rings is 2. The molecule has 0 saturated carbocycles. The average Bonchev–Trinajstić information content (AvgIpc) is 3.02. The molecule has 0 atom stereocenters. The molecule has 1 aromatic heterocycles. The van der Waals surface area contributed by atoms with Crippen LogP contribution in [0.1, 0.15) is 15.9 Å². The molecule has 122 valence electrons. The van der Waals surface area contributed by atoms with Crippen LogP contribution in [0.3, 0.4) is 0 Å². The fraction of sp³-hybridized carbons (Fsp3) is 0.158. The van der Waals surface area contributed by atoms with Crippen LogP contribution in [-0.4, -0.2) is 22.2 Å². The summed E-state index contributed by atoms with van der Waals surface area (Å²) >= 11 is 3.40. The number of aryl methyl sites for hydroxylation is 1. The predicted molar refractivity (Wildman–Crippen MR) is 98.8 cm³/mol. The number of rotatable bonds is 5. The highest BCUT2D eigenvalue weighted by Crippen LogP contribution is 2.19. The van der Waals surface area contributed by atoms with E-state index in [1.54, 1.807) is 6.20 Å². The first-order valence-corrected chi connectivity index (χ1v) is 8.54. The van der Waals surface area contributed by atoms with E-state index in [2.05, 4.69) is 50.6 Å². The van der Waals surface area contributed by atoms with Crippen molar-refractivity contribution in [2.75, 3.05) is 6.54 Å². The zero-order chi connectivity index (χ0) is 16.9. The van der Waals surface area contributed by atoms with Crippen molar-refractivity contribution in [1.82, 2.24) is 15.1 Å². The summed E-state index contributed by atoms with van der Waals surface area (Å²) in [6, 6.07) is 17.8. The molecule has 24 heavy (non-hydrogen) atoms. The number of halogens is 1. The first-order valence-electron chi connectivity index (χ1n) is 7.75. The van der Waals surface area contributed by atoms with Crippen LogP contribution in [0.4, 0.5) is 0 Å². The van der Waals surface area contributed by atoms with Crippen molar-refractivity contribution in [1.29, 1.82) is 0 Å². The van der Waals surface area contributed by atoms with E-state index in [1.807, 2.05) is 42.1 Å². The van der Waals surface area contributed by atoms with E-state index in [-0.39, 0.29) is 5.91 Å². The van der Waals surface area contributed by atoms with Gasteiger partial charge in [0.05, 0.1) is 11.3 Å². The Bertz CT molecular complexity index is 840. The summed E-state index contributed by atoms with van der Waals surface area (Å²) in [6.45, 7) is 0.602. The smallest absolute Gasteiger partial charge is 0.252 e. The van der Waals surface area contributed by atoms with Crippen LogP contribution in [0.15, 0.2) is 65.3 Å². The van der Waals surface area contributed by atoms with E-state index in [1.165, 1.54) is 5.56 Å². The van der Waals surface area contributed by atoms with Gasteiger partial charge in [0.15, 0.2) is 0 Å². The number of hydrogen-bond donors (Lipinski definition) is 1. The van der Waals surface area contributed by atoms with Crippen molar-refractivity contribution >= 4 is 21.8 Å². The molecule has 0 aliphatic carbocycles. The molecule has 0 fully saturated rings. The molecule has 3 aromatic rings. The minimum absolute atomic E-state index is 0.0611. The van der Waals surface area contributed by atoms with Crippen molar-refractivity contribution in [3.63, 3.8) is 0 Å². The van der Waals surface area contributed by atoms with Crippen molar-refractivity contribution < 1.29 is 4.79 Å². The van der Waals surface area contributed by atoms with E-state index in [9.17, 15) is 4.79 Å². The third kappa shape index (κ3) is 3.74. The lowest BCUT2D eigenvalue weighted by Gasteiger charge is -2.08. The van der Waals surface area contributed by atoms with E-state index >= 15 is 0 Å². The van der Waals surface area contributed by atoms with Gasteiger partial charge in [-0.25, -0.2) is 0 Å². The van der Waals surface area contributed by atoms with Gasteiger partial charge in [-0.2, -0.15) is 5.10 Å². The SMILES string of the molecule is Cn1nccc1-c1ccc(CCNC(=O)c2ccccc2Br)cc1. The Hall–Kier alpha value is -2.40. The quantitative estimate of drug-likeness (QED) is 0.727. The van der Waals surface area contributed by atoms with Gasteiger partial charge >= 0.3 is 0 Å². The third-order valence-corrected chi connectivity index (χ3v) is 4.58. The number of carbonyl (C=O) groups is 1. The molecule has 1 N–H and O–H groups in total. The summed E-state index contributed by atoms with van der Waals surface area (Å²) in [5.41, 5.74) is 4.07. The summed E-state index contributed by atoms with van der Waals surface area (Å²) in [6.07, 6.45) is 2.59. The Morgan fingerprint density at radius 2 is 1.88 bits per heavy atom. The summed E-state index contributed by atoms with van der Waals surface area (Å²) in [7, 11) is 1.93. The highest BCUT2D eigenvalue weighted by Gasteiger charge is 2.08. The minimum Gasteiger partial charge on any atom is -0.352 e. The molecule has 0 aliphatic heterocycles. The highest BCUT2D eigenvalue weighted by atomic mass is 79.9. The molecule has 1 heterocycles. The van der Waals surface area contributed by atoms with Crippen molar-refractivity contribution in [2.24, 2.45) is 7.05 Å². The molecule has 0 bridgehead atoms. The summed E-state index contributed by atoms with van der Waals surface area (Å²) in [5, 5.41) is 7.14. The summed E-state index contributed by atoms with van der Waals surface area (Å²) < 4.78 is 2.66. The normalized spacial score (nSPS) is 10.6. The second kappa shape index (κ2) is 7.45. The topological polar surface area (TPSA) is 46.9 Å². The molecule has 1 amide bonds. The minimum atomic E-state index is -0.0611. The van der Waals surface area contributed by atoms with Gasteiger partial charge in [-0.05, 0) is 51.7 Å². The van der Waals surface area contributed by atoms with Crippen LogP contribution < -0.4 is 5.32 Å². The number of nitrogens with zero attached hydrogens (tertiary/aromatic N) is 2. The number of amides is 1.